The van der Waals surface area contributed by atoms with Crippen LogP contribution in [-0.2, 0) is 4.79 Å². The van der Waals surface area contributed by atoms with Crippen LogP contribution in [0.15, 0.2) is 58.6 Å². The highest BCUT2D eigenvalue weighted by Crippen LogP contribution is 2.39. The fourth-order valence-corrected chi connectivity index (χ4v) is 5.28. The molecule has 1 aliphatic rings. The van der Waals surface area contributed by atoms with E-state index in [1.54, 1.807) is 24.4 Å². The van der Waals surface area contributed by atoms with Crippen molar-refractivity contribution < 1.29 is 14.4 Å². The van der Waals surface area contributed by atoms with E-state index in [2.05, 4.69) is 27.1 Å². The number of ketones is 1. The number of benzene rings is 2. The second-order valence-electron chi connectivity index (χ2n) is 10.2. The minimum Gasteiger partial charge on any atom is -0.381 e. The molecule has 3 aromatic rings. The number of Topliss-reactive ketones (excluding diaryl/α,β-unsaturated/α-hetero) is 1. The van der Waals surface area contributed by atoms with Gasteiger partial charge in [0.15, 0.2) is 5.82 Å². The Morgan fingerprint density at radius 3 is 2.35 bits per heavy atom. The number of amides is 2. The van der Waals surface area contributed by atoms with Gasteiger partial charge in [-0.1, -0.05) is 48.5 Å². The second kappa shape index (κ2) is 12.2. The normalized spacial score (nSPS) is 14.5. The lowest BCUT2D eigenvalue weighted by atomic mass is 9.80. The molecule has 5 N–H and O–H groups in total. The molecule has 12 heteroatoms. The average Bonchev–Trinajstić information content (AvgIpc) is 2.95. The molecule has 210 valence electrons. The highest BCUT2D eigenvalue weighted by atomic mass is 35.5. The first-order chi connectivity index (χ1) is 19.0. The van der Waals surface area contributed by atoms with Crippen molar-refractivity contribution in [3.8, 4) is 0 Å². The zero-order valence-electron chi connectivity index (χ0n) is 22.6. The third kappa shape index (κ3) is 6.55. The van der Waals surface area contributed by atoms with Gasteiger partial charge in [0.25, 0.3) is 11.8 Å². The van der Waals surface area contributed by atoms with E-state index in [4.69, 9.17) is 23.1 Å². The largest absolute Gasteiger partial charge is 0.381 e. The summed E-state index contributed by atoms with van der Waals surface area (Å²) in [5.74, 6) is -0.683. The Morgan fingerprint density at radius 2 is 1.75 bits per heavy atom. The van der Waals surface area contributed by atoms with Crippen LogP contribution in [0.3, 0.4) is 0 Å². The summed E-state index contributed by atoms with van der Waals surface area (Å²) < 4.78 is 0. The topological polar surface area (TPSA) is 148 Å². The van der Waals surface area contributed by atoms with Crippen LogP contribution in [-0.4, -0.2) is 66.2 Å². The Kier molecular flexibility index (Phi) is 8.97. The van der Waals surface area contributed by atoms with Crippen LogP contribution in [0.4, 0.5) is 17.3 Å². The summed E-state index contributed by atoms with van der Waals surface area (Å²) in [5.41, 5.74) is 13.2. The van der Waals surface area contributed by atoms with Crippen molar-refractivity contribution in [2.24, 2.45) is 11.1 Å². The van der Waals surface area contributed by atoms with E-state index in [-0.39, 0.29) is 11.0 Å². The first-order valence-electron chi connectivity index (χ1n) is 12.7. The second-order valence-corrected chi connectivity index (χ2v) is 11.6. The van der Waals surface area contributed by atoms with Gasteiger partial charge in [-0.2, -0.15) is 0 Å². The van der Waals surface area contributed by atoms with Gasteiger partial charge in [-0.15, -0.1) is 0 Å². The van der Waals surface area contributed by atoms with Crippen molar-refractivity contribution in [3.63, 3.8) is 0 Å². The van der Waals surface area contributed by atoms with E-state index in [1.807, 2.05) is 0 Å². The van der Waals surface area contributed by atoms with Crippen molar-refractivity contribution in [1.82, 2.24) is 14.9 Å². The smallest absolute Gasteiger partial charge is 0.294 e. The predicted octanol–water partition coefficient (Wildman–Crippen LogP) is 3.95. The maximum atomic E-state index is 12.9. The number of aromatic nitrogens is 2. The summed E-state index contributed by atoms with van der Waals surface area (Å²) in [6.07, 6.45) is 3.67. The number of hydrogen-bond donors (Lipinski definition) is 3. The van der Waals surface area contributed by atoms with E-state index in [9.17, 15) is 14.4 Å². The van der Waals surface area contributed by atoms with Crippen molar-refractivity contribution >= 4 is 58.3 Å². The lowest BCUT2D eigenvalue weighted by Gasteiger charge is -2.39. The first kappa shape index (κ1) is 29.3. The number of nitrogen functional groups attached to an aromatic ring is 1. The average molecular weight is 582 g/mol. The minimum absolute atomic E-state index is 0.150. The summed E-state index contributed by atoms with van der Waals surface area (Å²) in [7, 11) is 3.00. The molecule has 0 saturated carbocycles. The standard InChI is InChI=1S/C28H32ClN7O3S/c1-28(16-30)11-13-36(14-12-28)21-15-32-26(24(31)34-21)40-20-6-4-5-19(22(20)29)33-25(38)18-9-7-17(8-10-18)23(37)27(39)35(2)3/h4-10,15H,11-14,16,30H2,1-3H3,(H2,31,34)(H,33,38). The van der Waals surface area contributed by atoms with Crippen molar-refractivity contribution in [3.05, 3.63) is 64.8 Å². The Bertz CT molecular complexity index is 1420. The van der Waals surface area contributed by atoms with Gasteiger partial charge in [0.2, 0.25) is 5.78 Å². The van der Waals surface area contributed by atoms with Crippen LogP contribution in [0.2, 0.25) is 5.02 Å². The van der Waals surface area contributed by atoms with E-state index in [0.29, 0.717) is 38.6 Å². The molecule has 40 heavy (non-hydrogen) atoms. The molecule has 2 amide bonds. The van der Waals surface area contributed by atoms with Gasteiger partial charge in [-0.25, -0.2) is 9.97 Å². The summed E-state index contributed by atoms with van der Waals surface area (Å²) in [5, 5.41) is 3.62. The van der Waals surface area contributed by atoms with E-state index >= 15 is 0 Å². The van der Waals surface area contributed by atoms with Crippen LogP contribution in [0.1, 0.15) is 40.5 Å². The third-order valence-electron chi connectivity index (χ3n) is 6.97. The maximum Gasteiger partial charge on any atom is 0.294 e. The van der Waals surface area contributed by atoms with Crippen molar-refractivity contribution in [2.75, 3.05) is 49.7 Å². The molecule has 0 aliphatic carbocycles. The molecule has 2 heterocycles. The number of nitrogens with zero attached hydrogens (tertiary/aromatic N) is 4. The number of likely N-dealkylation sites (N-methyl/N-ethyl adjacent to an activating group) is 1. The van der Waals surface area contributed by atoms with Crippen LogP contribution in [0.25, 0.3) is 0 Å². The third-order valence-corrected chi connectivity index (χ3v) is 8.55. The molecule has 0 bridgehead atoms. The van der Waals surface area contributed by atoms with Crippen molar-refractivity contribution in [2.45, 2.75) is 29.7 Å². The summed E-state index contributed by atoms with van der Waals surface area (Å²) >= 11 is 7.89. The molecule has 0 radical (unpaired) electrons. The fraction of sp³-hybridized carbons (Fsp3) is 0.321. The first-order valence-corrected chi connectivity index (χ1v) is 13.9. The van der Waals surface area contributed by atoms with Crippen LogP contribution in [0.5, 0.6) is 0 Å². The summed E-state index contributed by atoms with van der Waals surface area (Å²) in [6, 6.07) is 11.1. The molecule has 0 spiro atoms. The summed E-state index contributed by atoms with van der Waals surface area (Å²) in [4.78, 5) is 50.1. The van der Waals surface area contributed by atoms with Gasteiger partial charge >= 0.3 is 0 Å². The zero-order valence-corrected chi connectivity index (χ0v) is 24.2. The number of carbonyl (C=O) groups is 3. The van der Waals surface area contributed by atoms with Gasteiger partial charge in [-0.3, -0.25) is 14.4 Å². The molecule has 1 aliphatic heterocycles. The molecule has 0 atom stereocenters. The number of carbonyl (C=O) groups excluding carboxylic acids is 3. The summed E-state index contributed by atoms with van der Waals surface area (Å²) in [6.45, 7) is 4.56. The molecule has 0 unspecified atom stereocenters. The highest BCUT2D eigenvalue weighted by molar-refractivity contribution is 7.99. The van der Waals surface area contributed by atoms with E-state index < -0.39 is 17.6 Å². The lowest BCUT2D eigenvalue weighted by molar-refractivity contribution is -0.124. The maximum absolute atomic E-state index is 12.9. The predicted molar refractivity (Wildman–Crippen MR) is 158 cm³/mol. The number of rotatable bonds is 8. The van der Waals surface area contributed by atoms with Crippen molar-refractivity contribution in [1.29, 1.82) is 0 Å². The Hall–Kier alpha value is -3.67. The van der Waals surface area contributed by atoms with E-state index in [0.717, 1.165) is 31.7 Å². The fourth-order valence-electron chi connectivity index (χ4n) is 4.18. The number of anilines is 3. The number of nitrogens with one attached hydrogen (secondary N) is 1. The Balaban J connectivity index is 1.43. The van der Waals surface area contributed by atoms with Gasteiger partial charge in [0.05, 0.1) is 16.9 Å². The number of halogens is 1. The van der Waals surface area contributed by atoms with Crippen LogP contribution in [0, 0.1) is 5.41 Å². The van der Waals surface area contributed by atoms with Crippen LogP contribution < -0.4 is 21.7 Å². The molecule has 1 fully saturated rings. The molecule has 10 nitrogen and oxygen atoms in total. The number of nitrogens with two attached hydrogens (primary N) is 2. The van der Waals surface area contributed by atoms with Gasteiger partial charge in [0.1, 0.15) is 10.8 Å². The molecule has 1 aromatic heterocycles. The zero-order chi connectivity index (χ0) is 29.0. The minimum atomic E-state index is -0.648. The monoisotopic (exact) mass is 581 g/mol. The molecular weight excluding hydrogens is 550 g/mol. The Morgan fingerprint density at radius 1 is 1.10 bits per heavy atom. The molecule has 4 rings (SSSR count). The van der Waals surface area contributed by atoms with E-state index in [1.165, 1.54) is 55.0 Å². The number of piperidine rings is 1. The molecular formula is C28H32ClN7O3S. The number of hydrogen-bond acceptors (Lipinski definition) is 9. The van der Waals surface area contributed by atoms with Gasteiger partial charge < -0.3 is 26.6 Å². The molecule has 1 saturated heterocycles. The van der Waals surface area contributed by atoms with Gasteiger partial charge in [0, 0.05) is 43.2 Å². The van der Waals surface area contributed by atoms with Gasteiger partial charge in [-0.05, 0) is 49.1 Å². The quantitative estimate of drug-likeness (QED) is 0.265. The highest BCUT2D eigenvalue weighted by Gasteiger charge is 2.29. The Labute approximate surface area is 242 Å². The lowest BCUT2D eigenvalue weighted by Crippen LogP contribution is -2.42. The molecule has 2 aromatic carbocycles. The SMILES string of the molecule is CN(C)C(=O)C(=O)c1ccc(C(=O)Nc2cccc(Sc3ncc(N4CCC(C)(CN)CC4)nc3N)c2Cl)cc1. The van der Waals surface area contributed by atoms with Crippen LogP contribution >= 0.6 is 23.4 Å².